The average molecular weight is 302 g/mol. The predicted molar refractivity (Wildman–Crippen MR) is 79.6 cm³/mol. The number of ether oxygens (including phenoxy) is 2. The Morgan fingerprint density at radius 1 is 1.14 bits per heavy atom. The standard InChI is InChI=1S/C16H18N2O4/c1-16(2)21-14(19)13(15(20)22-16)7-17-12-5-4-10-8-18(3)9-11(10)6-12/h4-7,17H,8-9H2,1-3H3. The van der Waals surface area contributed by atoms with E-state index in [9.17, 15) is 9.59 Å². The van der Waals surface area contributed by atoms with Gasteiger partial charge in [0.25, 0.3) is 5.79 Å². The lowest BCUT2D eigenvalue weighted by Crippen LogP contribution is -2.42. The number of anilines is 1. The Morgan fingerprint density at radius 2 is 1.77 bits per heavy atom. The van der Waals surface area contributed by atoms with Crippen LogP contribution in [0.5, 0.6) is 0 Å². The Hall–Kier alpha value is -2.34. The number of esters is 2. The molecule has 0 aromatic heterocycles. The number of cyclic esters (lactones) is 2. The van der Waals surface area contributed by atoms with E-state index in [0.717, 1.165) is 18.8 Å². The van der Waals surface area contributed by atoms with Gasteiger partial charge in [-0.3, -0.25) is 4.90 Å². The van der Waals surface area contributed by atoms with Gasteiger partial charge in [-0.2, -0.15) is 0 Å². The number of fused-ring (bicyclic) bond motifs is 1. The highest BCUT2D eigenvalue weighted by molar-refractivity contribution is 6.15. The lowest BCUT2D eigenvalue weighted by Gasteiger charge is -2.29. The molecule has 0 amide bonds. The van der Waals surface area contributed by atoms with Crippen molar-refractivity contribution in [3.8, 4) is 0 Å². The molecule has 1 saturated heterocycles. The van der Waals surface area contributed by atoms with Gasteiger partial charge in [0.2, 0.25) is 0 Å². The largest absolute Gasteiger partial charge is 0.419 e. The molecule has 0 saturated carbocycles. The Labute approximate surface area is 128 Å². The zero-order valence-electron chi connectivity index (χ0n) is 12.8. The van der Waals surface area contributed by atoms with Crippen LogP contribution in [0.1, 0.15) is 25.0 Å². The van der Waals surface area contributed by atoms with Gasteiger partial charge in [0.15, 0.2) is 5.57 Å². The first kappa shape index (κ1) is 14.6. The summed E-state index contributed by atoms with van der Waals surface area (Å²) in [6.45, 7) is 4.86. The molecule has 6 nitrogen and oxygen atoms in total. The van der Waals surface area contributed by atoms with Crippen LogP contribution in [0.4, 0.5) is 5.69 Å². The summed E-state index contributed by atoms with van der Waals surface area (Å²) in [6.07, 6.45) is 1.33. The Balaban J connectivity index is 1.76. The molecule has 2 heterocycles. The number of carbonyl (C=O) groups excluding carboxylic acids is 2. The third kappa shape index (κ3) is 2.82. The van der Waals surface area contributed by atoms with E-state index < -0.39 is 17.7 Å². The number of carbonyl (C=O) groups is 2. The molecule has 0 aliphatic carbocycles. The fourth-order valence-electron chi connectivity index (χ4n) is 2.59. The molecule has 0 unspecified atom stereocenters. The van der Waals surface area contributed by atoms with Gasteiger partial charge in [0.05, 0.1) is 0 Å². The van der Waals surface area contributed by atoms with Gasteiger partial charge in [0.1, 0.15) is 0 Å². The monoisotopic (exact) mass is 302 g/mol. The molecule has 0 bridgehead atoms. The van der Waals surface area contributed by atoms with E-state index >= 15 is 0 Å². The number of nitrogens with zero attached hydrogens (tertiary/aromatic N) is 1. The number of nitrogens with one attached hydrogen (secondary N) is 1. The highest BCUT2D eigenvalue weighted by atomic mass is 16.7. The van der Waals surface area contributed by atoms with Crippen molar-refractivity contribution >= 4 is 17.6 Å². The highest BCUT2D eigenvalue weighted by Gasteiger charge is 2.38. The van der Waals surface area contributed by atoms with Crippen LogP contribution in [0.15, 0.2) is 30.0 Å². The van der Waals surface area contributed by atoms with Gasteiger partial charge in [-0.05, 0) is 30.3 Å². The Bertz CT molecular complexity index is 657. The summed E-state index contributed by atoms with van der Waals surface area (Å²) in [4.78, 5) is 25.9. The van der Waals surface area contributed by atoms with E-state index in [0.29, 0.717) is 0 Å². The molecule has 1 N–H and O–H groups in total. The molecular weight excluding hydrogens is 284 g/mol. The summed E-state index contributed by atoms with van der Waals surface area (Å²) in [5.41, 5.74) is 3.20. The van der Waals surface area contributed by atoms with Crippen LogP contribution in [0.25, 0.3) is 0 Å². The first-order chi connectivity index (χ1) is 10.3. The van der Waals surface area contributed by atoms with Crippen LogP contribution >= 0.6 is 0 Å². The molecule has 3 rings (SSSR count). The Kier molecular flexibility index (Phi) is 3.41. The molecule has 22 heavy (non-hydrogen) atoms. The molecule has 1 aromatic rings. The molecule has 2 aliphatic heterocycles. The zero-order chi connectivity index (χ0) is 15.9. The second-order valence-electron chi connectivity index (χ2n) is 6.04. The molecule has 6 heteroatoms. The van der Waals surface area contributed by atoms with Crippen LogP contribution in [0.3, 0.4) is 0 Å². The normalized spacial score (nSPS) is 20.2. The number of hydrogen-bond donors (Lipinski definition) is 1. The maximum absolute atomic E-state index is 11.8. The van der Waals surface area contributed by atoms with Crippen molar-refractivity contribution in [2.75, 3.05) is 12.4 Å². The van der Waals surface area contributed by atoms with Gasteiger partial charge in [-0.1, -0.05) is 6.07 Å². The van der Waals surface area contributed by atoms with Crippen molar-refractivity contribution in [3.63, 3.8) is 0 Å². The van der Waals surface area contributed by atoms with Crippen LogP contribution in [0, 0.1) is 0 Å². The van der Waals surface area contributed by atoms with Crippen molar-refractivity contribution in [2.24, 2.45) is 0 Å². The maximum atomic E-state index is 11.8. The summed E-state index contributed by atoms with van der Waals surface area (Å²) >= 11 is 0. The third-order valence-corrected chi connectivity index (χ3v) is 3.59. The molecular formula is C16H18N2O4. The van der Waals surface area contributed by atoms with Crippen molar-refractivity contribution in [1.82, 2.24) is 4.90 Å². The van der Waals surface area contributed by atoms with Crippen LogP contribution in [-0.2, 0) is 32.2 Å². The minimum atomic E-state index is -1.22. The van der Waals surface area contributed by atoms with Crippen molar-refractivity contribution in [1.29, 1.82) is 0 Å². The van der Waals surface area contributed by atoms with Gasteiger partial charge in [-0.15, -0.1) is 0 Å². The summed E-state index contributed by atoms with van der Waals surface area (Å²) in [5, 5.41) is 2.96. The number of rotatable bonds is 2. The first-order valence-electron chi connectivity index (χ1n) is 7.08. The molecule has 1 fully saturated rings. The summed E-state index contributed by atoms with van der Waals surface area (Å²) in [7, 11) is 2.06. The van der Waals surface area contributed by atoms with E-state index in [1.165, 1.54) is 31.2 Å². The fraction of sp³-hybridized carbons (Fsp3) is 0.375. The van der Waals surface area contributed by atoms with E-state index in [-0.39, 0.29) is 5.57 Å². The van der Waals surface area contributed by atoms with E-state index in [2.05, 4.69) is 17.3 Å². The maximum Gasteiger partial charge on any atom is 0.350 e. The van der Waals surface area contributed by atoms with E-state index in [1.807, 2.05) is 18.2 Å². The second-order valence-corrected chi connectivity index (χ2v) is 6.04. The summed E-state index contributed by atoms with van der Waals surface area (Å²) in [5.74, 6) is -2.59. The first-order valence-corrected chi connectivity index (χ1v) is 7.08. The molecule has 1 aromatic carbocycles. The van der Waals surface area contributed by atoms with Crippen LogP contribution in [0.2, 0.25) is 0 Å². The van der Waals surface area contributed by atoms with Crippen LogP contribution in [-0.4, -0.2) is 29.7 Å². The second kappa shape index (κ2) is 5.14. The zero-order valence-corrected chi connectivity index (χ0v) is 12.8. The quantitative estimate of drug-likeness (QED) is 0.510. The van der Waals surface area contributed by atoms with Gasteiger partial charge in [-0.25, -0.2) is 9.59 Å². The third-order valence-electron chi connectivity index (χ3n) is 3.59. The van der Waals surface area contributed by atoms with Gasteiger partial charge >= 0.3 is 11.9 Å². The van der Waals surface area contributed by atoms with Crippen molar-refractivity contribution in [3.05, 3.63) is 41.1 Å². The molecule has 0 atom stereocenters. The summed E-state index contributed by atoms with van der Waals surface area (Å²) < 4.78 is 10.1. The number of benzene rings is 1. The van der Waals surface area contributed by atoms with Crippen molar-refractivity contribution < 1.29 is 19.1 Å². The SMILES string of the molecule is CN1Cc2ccc(NC=C3C(=O)OC(C)(C)OC3=O)cc2C1. The molecule has 0 radical (unpaired) electrons. The minimum absolute atomic E-state index is 0.142. The fourth-order valence-corrected chi connectivity index (χ4v) is 2.59. The van der Waals surface area contributed by atoms with E-state index in [1.54, 1.807) is 0 Å². The Morgan fingerprint density at radius 3 is 2.45 bits per heavy atom. The topological polar surface area (TPSA) is 67.9 Å². The smallest absolute Gasteiger partial charge is 0.350 e. The summed E-state index contributed by atoms with van der Waals surface area (Å²) in [6, 6.07) is 5.97. The van der Waals surface area contributed by atoms with Crippen LogP contribution < -0.4 is 5.32 Å². The molecule has 116 valence electrons. The van der Waals surface area contributed by atoms with Gasteiger partial charge in [0, 0.05) is 38.8 Å². The average Bonchev–Trinajstić information content (AvgIpc) is 2.75. The number of hydrogen-bond acceptors (Lipinski definition) is 6. The predicted octanol–water partition coefficient (Wildman–Crippen LogP) is 1.76. The van der Waals surface area contributed by atoms with Crippen molar-refractivity contribution in [2.45, 2.75) is 32.7 Å². The molecule has 0 spiro atoms. The lowest BCUT2D eigenvalue weighted by molar-refractivity contribution is -0.222. The highest BCUT2D eigenvalue weighted by Crippen LogP contribution is 2.26. The minimum Gasteiger partial charge on any atom is -0.419 e. The molecule has 2 aliphatic rings. The lowest BCUT2D eigenvalue weighted by atomic mass is 10.1. The van der Waals surface area contributed by atoms with E-state index in [4.69, 9.17) is 9.47 Å². The van der Waals surface area contributed by atoms with Gasteiger partial charge < -0.3 is 14.8 Å².